The first-order chi connectivity index (χ1) is 22.0. The van der Waals surface area contributed by atoms with E-state index in [4.69, 9.17) is 9.84 Å². The van der Waals surface area contributed by atoms with Crippen molar-refractivity contribution in [1.29, 1.82) is 0 Å². The molecule has 0 fully saturated rings. The van der Waals surface area contributed by atoms with Crippen LogP contribution in [0.2, 0.25) is 0 Å². The normalized spacial score (nSPS) is 11.8. The summed E-state index contributed by atoms with van der Waals surface area (Å²) >= 11 is 0. The Labute approximate surface area is 279 Å². The highest BCUT2D eigenvalue weighted by atomic mass is 16.5. The Morgan fingerprint density at radius 1 is 0.511 bits per heavy atom. The zero-order valence-corrected chi connectivity index (χ0v) is 30.1. The number of hydrogen-bond acceptors (Lipinski definition) is 4. The van der Waals surface area contributed by atoms with Crippen molar-refractivity contribution < 1.29 is 19.4 Å². The van der Waals surface area contributed by atoms with E-state index in [9.17, 15) is 9.59 Å². The molecule has 0 aromatic carbocycles. The molecule has 0 amide bonds. The molecule has 0 saturated carbocycles. The molecule has 5 heteroatoms. The average Bonchev–Trinajstić information content (AvgIpc) is 3.03. The standard InChI is InChI=1S/C24H45NO2.C16H28O2/c1-4-7-8-9-10-11-12-13-14-15-16-17-18-21-24(26)27-23-20-19-22-25(5-2)6-3;1-2-3-4-5-6-7-8-9-10-11-12-13-14-15-16(17)18/h8-9,14-15H,4-7,10-13,16-23H2,1-3H3;4-5,10-11H,2-3,6-9,12-15H2,1H3,(H,17,18)/b9-8-,15-14-;5-4-,11-10-. The number of carboxylic acid groups (broad SMARTS) is 1. The quantitative estimate of drug-likeness (QED) is 0.0468. The monoisotopic (exact) mass is 632 g/mol. The van der Waals surface area contributed by atoms with Crippen molar-refractivity contribution in [1.82, 2.24) is 4.90 Å². The molecule has 0 radical (unpaired) electrons. The minimum Gasteiger partial charge on any atom is -0.481 e. The molecule has 0 heterocycles. The van der Waals surface area contributed by atoms with E-state index in [1.165, 1.54) is 70.6 Å². The number of carboxylic acids is 1. The van der Waals surface area contributed by atoms with Crippen LogP contribution >= 0.6 is 0 Å². The van der Waals surface area contributed by atoms with Gasteiger partial charge in [-0.3, -0.25) is 9.59 Å². The fraction of sp³-hybridized carbons (Fsp3) is 0.750. The van der Waals surface area contributed by atoms with E-state index in [1.54, 1.807) is 0 Å². The van der Waals surface area contributed by atoms with Crippen molar-refractivity contribution in [2.24, 2.45) is 0 Å². The number of aliphatic carboxylic acids is 1. The van der Waals surface area contributed by atoms with Crippen LogP contribution in [0.3, 0.4) is 0 Å². The lowest BCUT2D eigenvalue weighted by atomic mass is 10.1. The maximum absolute atomic E-state index is 11.7. The molecular weight excluding hydrogens is 558 g/mol. The topological polar surface area (TPSA) is 66.8 Å². The number of rotatable bonds is 31. The Kier molecular flexibility index (Phi) is 39.9. The molecule has 0 unspecified atom stereocenters. The number of nitrogens with zero attached hydrogens (tertiary/aromatic N) is 1. The molecular formula is C40H73NO4. The molecule has 45 heavy (non-hydrogen) atoms. The van der Waals surface area contributed by atoms with Crippen LogP contribution in [-0.4, -0.2) is 48.2 Å². The predicted octanol–water partition coefficient (Wildman–Crippen LogP) is 11.8. The van der Waals surface area contributed by atoms with E-state index in [1.807, 2.05) is 0 Å². The molecule has 5 nitrogen and oxygen atoms in total. The molecule has 0 aliphatic rings. The molecule has 0 spiro atoms. The van der Waals surface area contributed by atoms with Gasteiger partial charge in [-0.15, -0.1) is 0 Å². The number of ether oxygens (including phenoxy) is 1. The first-order valence-corrected chi connectivity index (χ1v) is 18.7. The van der Waals surface area contributed by atoms with E-state index in [0.717, 1.165) is 77.4 Å². The van der Waals surface area contributed by atoms with E-state index in [2.05, 4.69) is 81.2 Å². The number of hydrogen-bond donors (Lipinski definition) is 1. The molecule has 262 valence electrons. The van der Waals surface area contributed by atoms with Crippen molar-refractivity contribution in [3.63, 3.8) is 0 Å². The van der Waals surface area contributed by atoms with Crippen LogP contribution < -0.4 is 0 Å². The van der Waals surface area contributed by atoms with Crippen LogP contribution in [-0.2, 0) is 14.3 Å². The number of esters is 1. The largest absolute Gasteiger partial charge is 0.481 e. The fourth-order valence-corrected chi connectivity index (χ4v) is 4.63. The van der Waals surface area contributed by atoms with Gasteiger partial charge < -0.3 is 14.7 Å². The molecule has 0 rings (SSSR count). The summed E-state index contributed by atoms with van der Waals surface area (Å²) in [6, 6.07) is 0. The second kappa shape index (κ2) is 39.9. The Morgan fingerprint density at radius 2 is 0.889 bits per heavy atom. The number of carbonyl (C=O) groups is 2. The summed E-state index contributed by atoms with van der Waals surface area (Å²) in [6.45, 7) is 12.7. The molecule has 0 aliphatic heterocycles. The van der Waals surface area contributed by atoms with Gasteiger partial charge in [-0.25, -0.2) is 0 Å². The smallest absolute Gasteiger partial charge is 0.305 e. The zero-order chi connectivity index (χ0) is 33.5. The molecule has 0 aliphatic carbocycles. The van der Waals surface area contributed by atoms with Crippen molar-refractivity contribution in [3.8, 4) is 0 Å². The van der Waals surface area contributed by atoms with Crippen molar-refractivity contribution in [3.05, 3.63) is 48.6 Å². The van der Waals surface area contributed by atoms with Crippen LogP contribution in [0.4, 0.5) is 0 Å². The van der Waals surface area contributed by atoms with Gasteiger partial charge in [-0.2, -0.15) is 0 Å². The second-order valence-corrected chi connectivity index (χ2v) is 11.9. The third-order valence-electron chi connectivity index (χ3n) is 7.60. The van der Waals surface area contributed by atoms with Crippen LogP contribution in [0.5, 0.6) is 0 Å². The highest BCUT2D eigenvalue weighted by molar-refractivity contribution is 5.69. The summed E-state index contributed by atoms with van der Waals surface area (Å²) in [5, 5.41) is 8.47. The number of unbranched alkanes of at least 4 members (excludes halogenated alkanes) is 13. The van der Waals surface area contributed by atoms with Crippen molar-refractivity contribution >= 4 is 11.9 Å². The Morgan fingerprint density at radius 3 is 1.27 bits per heavy atom. The molecule has 1 N–H and O–H groups in total. The Balaban J connectivity index is 0. The minimum atomic E-state index is -0.685. The van der Waals surface area contributed by atoms with Crippen molar-refractivity contribution in [2.75, 3.05) is 26.2 Å². The van der Waals surface area contributed by atoms with Crippen LogP contribution in [0.15, 0.2) is 48.6 Å². The summed E-state index contributed by atoms with van der Waals surface area (Å²) in [5.74, 6) is -0.715. The van der Waals surface area contributed by atoms with Gasteiger partial charge in [-0.1, -0.05) is 89.1 Å². The highest BCUT2D eigenvalue weighted by Crippen LogP contribution is 2.07. The third-order valence-corrected chi connectivity index (χ3v) is 7.60. The first-order valence-electron chi connectivity index (χ1n) is 18.7. The zero-order valence-electron chi connectivity index (χ0n) is 30.1. The number of carbonyl (C=O) groups excluding carboxylic acids is 1. The Hall–Kier alpha value is -2.14. The maximum Gasteiger partial charge on any atom is 0.305 e. The lowest BCUT2D eigenvalue weighted by Gasteiger charge is -2.17. The summed E-state index contributed by atoms with van der Waals surface area (Å²) < 4.78 is 5.32. The first kappa shape index (κ1) is 45.0. The summed E-state index contributed by atoms with van der Waals surface area (Å²) in [7, 11) is 0. The van der Waals surface area contributed by atoms with Gasteiger partial charge in [0.2, 0.25) is 0 Å². The SMILES string of the molecule is CCC/C=C\CCCC/C=C\CCCCC(=O)O.CCC/C=C\CCCC/C=C\CCCCC(=O)OCCCCN(CC)CC. The molecule has 0 bridgehead atoms. The molecule has 0 saturated heterocycles. The molecule has 0 aromatic rings. The van der Waals surface area contributed by atoms with Gasteiger partial charge in [-0.05, 0) is 135 Å². The van der Waals surface area contributed by atoms with Gasteiger partial charge in [0.25, 0.3) is 0 Å². The highest BCUT2D eigenvalue weighted by Gasteiger charge is 2.03. The second-order valence-electron chi connectivity index (χ2n) is 11.9. The maximum atomic E-state index is 11.7. The minimum absolute atomic E-state index is 0.0297. The lowest BCUT2D eigenvalue weighted by Crippen LogP contribution is -2.24. The predicted molar refractivity (Wildman–Crippen MR) is 196 cm³/mol. The average molecular weight is 632 g/mol. The molecule has 0 aromatic heterocycles. The van der Waals surface area contributed by atoms with Gasteiger partial charge in [0.05, 0.1) is 6.61 Å². The van der Waals surface area contributed by atoms with Gasteiger partial charge in [0.1, 0.15) is 0 Å². The summed E-state index contributed by atoms with van der Waals surface area (Å²) in [4.78, 5) is 24.4. The van der Waals surface area contributed by atoms with Gasteiger partial charge >= 0.3 is 11.9 Å². The van der Waals surface area contributed by atoms with Crippen LogP contribution in [0.25, 0.3) is 0 Å². The summed E-state index contributed by atoms with van der Waals surface area (Å²) in [6.07, 6.45) is 41.7. The fourth-order valence-electron chi connectivity index (χ4n) is 4.63. The Bertz CT molecular complexity index is 737. The van der Waals surface area contributed by atoms with Gasteiger partial charge in [0.15, 0.2) is 0 Å². The molecule has 0 atom stereocenters. The van der Waals surface area contributed by atoms with E-state index in [-0.39, 0.29) is 5.97 Å². The van der Waals surface area contributed by atoms with E-state index >= 15 is 0 Å². The lowest BCUT2D eigenvalue weighted by molar-refractivity contribution is -0.144. The van der Waals surface area contributed by atoms with Gasteiger partial charge in [0, 0.05) is 12.8 Å². The van der Waals surface area contributed by atoms with Crippen LogP contribution in [0.1, 0.15) is 169 Å². The van der Waals surface area contributed by atoms with Crippen LogP contribution in [0, 0.1) is 0 Å². The van der Waals surface area contributed by atoms with E-state index in [0.29, 0.717) is 19.4 Å². The third kappa shape index (κ3) is 41.9. The van der Waals surface area contributed by atoms with E-state index < -0.39 is 5.97 Å². The number of allylic oxidation sites excluding steroid dienone is 8. The summed E-state index contributed by atoms with van der Waals surface area (Å²) in [5.41, 5.74) is 0. The van der Waals surface area contributed by atoms with Crippen molar-refractivity contribution in [2.45, 2.75) is 169 Å².